The van der Waals surface area contributed by atoms with E-state index in [1.54, 1.807) is 5.57 Å². The van der Waals surface area contributed by atoms with Gasteiger partial charge < -0.3 is 4.81 Å². The van der Waals surface area contributed by atoms with Crippen LogP contribution in [-0.2, 0) is 0 Å². The van der Waals surface area contributed by atoms with E-state index >= 15 is 0 Å². The van der Waals surface area contributed by atoms with Crippen LogP contribution in [-0.4, -0.2) is 24.7 Å². The van der Waals surface area contributed by atoms with Gasteiger partial charge in [-0.05, 0) is 32.7 Å². The van der Waals surface area contributed by atoms with Gasteiger partial charge in [0, 0.05) is 0 Å². The molecule has 0 bridgehead atoms. The molecule has 0 fully saturated rings. The van der Waals surface area contributed by atoms with Crippen molar-refractivity contribution in [2.75, 3.05) is 13.1 Å². The third-order valence-electron chi connectivity index (χ3n) is 2.62. The smallest absolute Gasteiger partial charge is 0.231 e. The van der Waals surface area contributed by atoms with Crippen LogP contribution >= 0.6 is 0 Å². The molecule has 0 aromatic rings. The average Bonchev–Trinajstić information content (AvgIpc) is 2.39. The van der Waals surface area contributed by atoms with Crippen LogP contribution in [0, 0.1) is 0 Å². The van der Waals surface area contributed by atoms with E-state index in [9.17, 15) is 0 Å². The Labute approximate surface area is 70.6 Å². The molecule has 0 aromatic heterocycles. The molecule has 0 aromatic carbocycles. The predicted molar refractivity (Wildman–Crippen MR) is 52.0 cm³/mol. The molecule has 0 unspecified atom stereocenters. The molecule has 1 heterocycles. The van der Waals surface area contributed by atoms with Crippen molar-refractivity contribution in [3.63, 3.8) is 0 Å². The third-order valence-corrected chi connectivity index (χ3v) is 2.62. The largest absolute Gasteiger partial charge is 0.342 e. The number of nitrogens with zero attached hydrogens (tertiary/aromatic N) is 1. The van der Waals surface area contributed by atoms with E-state index < -0.39 is 0 Å². The molecule has 0 radical (unpaired) electrons. The first kappa shape index (κ1) is 8.86. The van der Waals surface area contributed by atoms with Gasteiger partial charge in [0.15, 0.2) is 0 Å². The fraction of sp³-hybridized carbons (Fsp3) is 0.778. The number of rotatable bonds is 3. The second-order valence-electron chi connectivity index (χ2n) is 3.37. The molecule has 0 aliphatic carbocycles. The lowest BCUT2D eigenvalue weighted by atomic mass is 9.57. The van der Waals surface area contributed by atoms with Gasteiger partial charge in [0.2, 0.25) is 6.85 Å². The summed E-state index contributed by atoms with van der Waals surface area (Å²) in [6.07, 6.45) is 4.94. The summed E-state index contributed by atoms with van der Waals surface area (Å²) in [5.41, 5.74) is 1.57. The summed E-state index contributed by atoms with van der Waals surface area (Å²) < 4.78 is 0. The minimum Gasteiger partial charge on any atom is -0.342 e. The van der Waals surface area contributed by atoms with Crippen LogP contribution in [0.2, 0.25) is 12.6 Å². The second kappa shape index (κ2) is 3.96. The van der Waals surface area contributed by atoms with E-state index in [1.807, 2.05) is 0 Å². The fourth-order valence-electron chi connectivity index (χ4n) is 1.89. The first-order valence-electron chi connectivity index (χ1n) is 4.67. The van der Waals surface area contributed by atoms with Crippen LogP contribution in [0.1, 0.15) is 20.8 Å². The number of allylic oxidation sites excluding steroid dienone is 2. The second-order valence-corrected chi connectivity index (χ2v) is 3.37. The molecule has 0 saturated heterocycles. The van der Waals surface area contributed by atoms with Crippen molar-refractivity contribution in [2.45, 2.75) is 33.4 Å². The lowest BCUT2D eigenvalue weighted by Gasteiger charge is -2.23. The van der Waals surface area contributed by atoms with Crippen LogP contribution in [0.25, 0.3) is 0 Å². The molecule has 1 nitrogen and oxygen atoms in total. The molecule has 0 atom stereocenters. The fourth-order valence-corrected chi connectivity index (χ4v) is 1.89. The Morgan fingerprint density at radius 2 is 2.09 bits per heavy atom. The Morgan fingerprint density at radius 1 is 1.45 bits per heavy atom. The summed E-state index contributed by atoms with van der Waals surface area (Å²) in [5.74, 6) is 0. The zero-order chi connectivity index (χ0) is 8.27. The maximum absolute atomic E-state index is 2.55. The third kappa shape index (κ3) is 2.09. The summed E-state index contributed by atoms with van der Waals surface area (Å²) in [5, 5.41) is 0. The first-order valence-corrected chi connectivity index (χ1v) is 4.67. The Hall–Kier alpha value is -0.235. The van der Waals surface area contributed by atoms with Crippen molar-refractivity contribution in [1.29, 1.82) is 0 Å². The Kier molecular flexibility index (Phi) is 3.19. The minimum atomic E-state index is 0.810. The Bertz CT molecular complexity index is 150. The maximum atomic E-state index is 2.55. The van der Waals surface area contributed by atoms with Crippen molar-refractivity contribution in [3.8, 4) is 0 Å². The topological polar surface area (TPSA) is 3.24 Å². The molecule has 2 heteroatoms. The molecule has 0 amide bonds. The van der Waals surface area contributed by atoms with Gasteiger partial charge >= 0.3 is 0 Å². The van der Waals surface area contributed by atoms with Gasteiger partial charge in [-0.1, -0.05) is 25.5 Å². The normalized spacial score (nSPS) is 17.8. The molecule has 11 heavy (non-hydrogen) atoms. The van der Waals surface area contributed by atoms with Gasteiger partial charge in [-0.25, -0.2) is 0 Å². The Morgan fingerprint density at radius 3 is 2.45 bits per heavy atom. The highest BCUT2D eigenvalue weighted by atomic mass is 15.0. The predicted octanol–water partition coefficient (Wildman–Crippen LogP) is 2.28. The first-order chi connectivity index (χ1) is 5.27. The van der Waals surface area contributed by atoms with E-state index in [-0.39, 0.29) is 0 Å². The van der Waals surface area contributed by atoms with Gasteiger partial charge in [0.05, 0.1) is 0 Å². The highest BCUT2D eigenvalue weighted by Crippen LogP contribution is 2.21. The summed E-state index contributed by atoms with van der Waals surface area (Å²) in [6, 6.07) is 0. The average molecular weight is 151 g/mol. The van der Waals surface area contributed by atoms with E-state index in [0.29, 0.717) is 0 Å². The van der Waals surface area contributed by atoms with Crippen LogP contribution in [0.15, 0.2) is 11.6 Å². The van der Waals surface area contributed by atoms with Crippen molar-refractivity contribution in [2.24, 2.45) is 0 Å². The molecule has 1 rings (SSSR count). The summed E-state index contributed by atoms with van der Waals surface area (Å²) >= 11 is 0. The van der Waals surface area contributed by atoms with E-state index in [1.165, 1.54) is 25.7 Å². The zero-order valence-corrected chi connectivity index (χ0v) is 7.93. The van der Waals surface area contributed by atoms with Gasteiger partial charge in [0.1, 0.15) is 0 Å². The van der Waals surface area contributed by atoms with Crippen molar-refractivity contribution in [3.05, 3.63) is 11.6 Å². The lowest BCUT2D eigenvalue weighted by molar-refractivity contribution is 0.480. The summed E-state index contributed by atoms with van der Waals surface area (Å²) in [7, 11) is 0. The van der Waals surface area contributed by atoms with Crippen molar-refractivity contribution in [1.82, 2.24) is 4.81 Å². The zero-order valence-electron chi connectivity index (χ0n) is 7.93. The van der Waals surface area contributed by atoms with E-state index in [2.05, 4.69) is 31.7 Å². The van der Waals surface area contributed by atoms with Crippen molar-refractivity contribution >= 4 is 6.85 Å². The van der Waals surface area contributed by atoms with Crippen LogP contribution < -0.4 is 0 Å². The molecule has 62 valence electrons. The van der Waals surface area contributed by atoms with E-state index in [0.717, 1.165) is 6.85 Å². The molecule has 1 aliphatic rings. The van der Waals surface area contributed by atoms with Crippen LogP contribution in [0.4, 0.5) is 0 Å². The molecular formula is C9H18BN. The monoisotopic (exact) mass is 151 g/mol. The van der Waals surface area contributed by atoms with Crippen LogP contribution in [0.5, 0.6) is 0 Å². The molecule has 0 N–H and O–H groups in total. The lowest BCUT2D eigenvalue weighted by Crippen LogP contribution is -2.36. The van der Waals surface area contributed by atoms with Gasteiger partial charge in [-0.3, -0.25) is 0 Å². The summed E-state index contributed by atoms with van der Waals surface area (Å²) in [6.45, 7) is 9.94. The summed E-state index contributed by atoms with van der Waals surface area (Å²) in [4.78, 5) is 2.55. The van der Waals surface area contributed by atoms with Crippen molar-refractivity contribution < 1.29 is 0 Å². The highest BCUT2D eigenvalue weighted by molar-refractivity contribution is 6.58. The molecule has 0 saturated carbocycles. The van der Waals surface area contributed by atoms with Gasteiger partial charge in [-0.15, -0.1) is 0 Å². The Balaban J connectivity index is 2.38. The van der Waals surface area contributed by atoms with E-state index in [4.69, 9.17) is 0 Å². The highest BCUT2D eigenvalue weighted by Gasteiger charge is 2.23. The molecular weight excluding hydrogens is 133 g/mol. The maximum Gasteiger partial charge on any atom is 0.231 e. The standard InChI is InChI=1S/C9H18BN/c1-4-11(5-2)10-7-6-9(3)8-10/h6H,4-5,7-8H2,1-3H3. The number of hydrogen-bond acceptors (Lipinski definition) is 1. The van der Waals surface area contributed by atoms with Gasteiger partial charge in [0.25, 0.3) is 0 Å². The van der Waals surface area contributed by atoms with Gasteiger partial charge in [-0.2, -0.15) is 0 Å². The van der Waals surface area contributed by atoms with Crippen LogP contribution in [0.3, 0.4) is 0 Å². The number of hydrogen-bond donors (Lipinski definition) is 0. The molecule has 1 aliphatic heterocycles. The molecule has 0 spiro atoms. The minimum absolute atomic E-state index is 0.810. The SMILES string of the molecule is CCN(CC)B1CC=C(C)C1. The quantitative estimate of drug-likeness (QED) is 0.441.